The molecule has 1 heterocycles. The zero-order valence-electron chi connectivity index (χ0n) is 18.4. The highest BCUT2D eigenvalue weighted by Crippen LogP contribution is 2.49. The smallest absolute Gasteiger partial charge is 0.303 e. The number of carboxylic acid groups (broad SMARTS) is 1. The van der Waals surface area contributed by atoms with Gasteiger partial charge in [0.15, 0.2) is 0 Å². The molecule has 0 radical (unpaired) electrons. The van der Waals surface area contributed by atoms with Crippen LogP contribution in [0.25, 0.3) is 0 Å². The fourth-order valence-electron chi connectivity index (χ4n) is 4.43. The van der Waals surface area contributed by atoms with E-state index in [1.807, 2.05) is 50.2 Å². The van der Waals surface area contributed by atoms with Crippen molar-refractivity contribution in [1.82, 2.24) is 0 Å². The van der Waals surface area contributed by atoms with Crippen molar-refractivity contribution < 1.29 is 19.4 Å². The molecule has 4 atom stereocenters. The predicted octanol–water partition coefficient (Wildman–Crippen LogP) is 6.58. The van der Waals surface area contributed by atoms with Crippen molar-refractivity contribution in [3.63, 3.8) is 0 Å². The molecule has 1 saturated heterocycles. The predicted molar refractivity (Wildman–Crippen MR) is 124 cm³/mol. The van der Waals surface area contributed by atoms with E-state index in [9.17, 15) is 4.79 Å². The van der Waals surface area contributed by atoms with Crippen LogP contribution in [-0.2, 0) is 16.0 Å². The van der Waals surface area contributed by atoms with E-state index >= 15 is 0 Å². The highest BCUT2D eigenvalue weighted by molar-refractivity contribution is 6.31. The van der Waals surface area contributed by atoms with Gasteiger partial charge in [-0.05, 0) is 62.9 Å². The number of hydrogen-bond donors (Lipinski definition) is 1. The lowest BCUT2D eigenvalue weighted by atomic mass is 9.75. The van der Waals surface area contributed by atoms with Gasteiger partial charge in [-0.15, -0.1) is 0 Å². The standard InChI is InChI=1S/C26H31ClO4/c1-5-30-24-12-10-18(11-13-25(28)29)14-22(24)26-20(16(2)3)15-21(17(4)31-26)19-8-6-7-9-23(19)27/h6-10,12,14,17,20-21,26H,2,5,11,13,15H2,1,3-4H3,(H,28,29)/t17-,20+,21-,26-/m0/s1. The quantitative estimate of drug-likeness (QED) is 0.469. The number of rotatable bonds is 8. The van der Waals surface area contributed by atoms with Crippen molar-refractivity contribution in [1.29, 1.82) is 0 Å². The first kappa shape index (κ1) is 23.4. The topological polar surface area (TPSA) is 55.8 Å². The highest BCUT2D eigenvalue weighted by atomic mass is 35.5. The molecule has 2 aromatic carbocycles. The summed E-state index contributed by atoms with van der Waals surface area (Å²) >= 11 is 6.51. The van der Waals surface area contributed by atoms with Gasteiger partial charge in [-0.2, -0.15) is 0 Å². The summed E-state index contributed by atoms with van der Waals surface area (Å²) in [6.07, 6.45) is 1.18. The summed E-state index contributed by atoms with van der Waals surface area (Å²) in [5, 5.41) is 9.83. The summed E-state index contributed by atoms with van der Waals surface area (Å²) in [7, 11) is 0. The van der Waals surface area contributed by atoms with Crippen molar-refractivity contribution >= 4 is 17.6 Å². The maximum Gasteiger partial charge on any atom is 0.303 e. The lowest BCUT2D eigenvalue weighted by Crippen LogP contribution is -2.34. The summed E-state index contributed by atoms with van der Waals surface area (Å²) < 4.78 is 12.5. The van der Waals surface area contributed by atoms with Crippen LogP contribution in [0.4, 0.5) is 0 Å². The van der Waals surface area contributed by atoms with Gasteiger partial charge in [0.05, 0.1) is 18.8 Å². The van der Waals surface area contributed by atoms with Crippen LogP contribution in [0.3, 0.4) is 0 Å². The van der Waals surface area contributed by atoms with Gasteiger partial charge in [-0.25, -0.2) is 0 Å². The van der Waals surface area contributed by atoms with Crippen molar-refractivity contribution in [2.75, 3.05) is 6.61 Å². The molecule has 0 amide bonds. The fraction of sp³-hybridized carbons (Fsp3) is 0.423. The van der Waals surface area contributed by atoms with Gasteiger partial charge in [0.2, 0.25) is 0 Å². The van der Waals surface area contributed by atoms with E-state index in [0.717, 1.165) is 39.5 Å². The molecule has 0 aliphatic carbocycles. The monoisotopic (exact) mass is 442 g/mol. The summed E-state index contributed by atoms with van der Waals surface area (Å²) in [5.41, 5.74) is 4.07. The second kappa shape index (κ2) is 10.3. The first-order valence-electron chi connectivity index (χ1n) is 10.8. The number of aryl methyl sites for hydroxylation is 1. The Hall–Kier alpha value is -2.30. The maximum absolute atomic E-state index is 11.0. The number of aliphatic carboxylic acids is 1. The summed E-state index contributed by atoms with van der Waals surface area (Å²) in [6.45, 7) is 10.9. The molecule has 2 aromatic rings. The zero-order valence-corrected chi connectivity index (χ0v) is 19.2. The lowest BCUT2D eigenvalue weighted by molar-refractivity contribution is -0.136. The van der Waals surface area contributed by atoms with Crippen molar-refractivity contribution in [2.45, 2.75) is 58.2 Å². The molecule has 0 bridgehead atoms. The normalized spacial score (nSPS) is 23.4. The van der Waals surface area contributed by atoms with Crippen molar-refractivity contribution in [3.8, 4) is 5.75 Å². The molecule has 5 heteroatoms. The van der Waals surface area contributed by atoms with Gasteiger partial charge in [-0.1, -0.05) is 48.0 Å². The molecule has 1 aliphatic rings. The molecule has 3 rings (SSSR count). The Labute approximate surface area is 189 Å². The Balaban J connectivity index is 1.97. The Kier molecular flexibility index (Phi) is 7.79. The zero-order chi connectivity index (χ0) is 22.5. The first-order chi connectivity index (χ1) is 14.8. The van der Waals surface area contributed by atoms with Gasteiger partial charge < -0.3 is 14.6 Å². The van der Waals surface area contributed by atoms with E-state index in [4.69, 9.17) is 26.2 Å². The Bertz CT molecular complexity index is 939. The molecule has 1 fully saturated rings. The van der Waals surface area contributed by atoms with E-state index in [2.05, 4.69) is 19.6 Å². The highest BCUT2D eigenvalue weighted by Gasteiger charge is 2.39. The van der Waals surface area contributed by atoms with Crippen LogP contribution in [0.5, 0.6) is 5.75 Å². The molecule has 166 valence electrons. The van der Waals surface area contributed by atoms with Crippen LogP contribution in [0, 0.1) is 5.92 Å². The van der Waals surface area contributed by atoms with Gasteiger partial charge in [0.25, 0.3) is 0 Å². The van der Waals surface area contributed by atoms with Gasteiger partial charge in [0, 0.05) is 28.8 Å². The average Bonchev–Trinajstić information content (AvgIpc) is 2.73. The third-order valence-corrected chi connectivity index (χ3v) is 6.39. The second-order valence-corrected chi connectivity index (χ2v) is 8.68. The third-order valence-electron chi connectivity index (χ3n) is 6.05. The molecule has 4 nitrogen and oxygen atoms in total. The van der Waals surface area contributed by atoms with E-state index in [0.29, 0.717) is 13.0 Å². The van der Waals surface area contributed by atoms with E-state index in [1.165, 1.54) is 0 Å². The molecule has 1 N–H and O–H groups in total. The van der Waals surface area contributed by atoms with E-state index < -0.39 is 5.97 Å². The molecule has 31 heavy (non-hydrogen) atoms. The van der Waals surface area contributed by atoms with Crippen LogP contribution in [0.2, 0.25) is 5.02 Å². The number of carboxylic acids is 1. The largest absolute Gasteiger partial charge is 0.493 e. The molecule has 0 saturated carbocycles. The van der Waals surface area contributed by atoms with Crippen LogP contribution in [0.15, 0.2) is 54.6 Å². The maximum atomic E-state index is 11.0. The third kappa shape index (κ3) is 5.50. The summed E-state index contributed by atoms with van der Waals surface area (Å²) in [4.78, 5) is 11.0. The molecule has 1 aliphatic heterocycles. The van der Waals surface area contributed by atoms with Crippen molar-refractivity contribution in [2.24, 2.45) is 5.92 Å². The fourth-order valence-corrected chi connectivity index (χ4v) is 4.70. The SMILES string of the molecule is C=C(C)[C@H]1C[C@H](c2ccccc2Cl)[C@H](C)O[C@@H]1c1cc(CCC(=O)O)ccc1OCC. The minimum absolute atomic E-state index is 0.0438. The molecular weight excluding hydrogens is 412 g/mol. The number of carbonyl (C=O) groups is 1. The van der Waals surface area contributed by atoms with Gasteiger partial charge in [-0.3, -0.25) is 4.79 Å². The molecular formula is C26H31ClO4. The molecule has 0 unspecified atom stereocenters. The van der Waals surface area contributed by atoms with Crippen LogP contribution < -0.4 is 4.74 Å². The van der Waals surface area contributed by atoms with Crippen LogP contribution >= 0.6 is 11.6 Å². The molecule has 0 spiro atoms. The number of hydrogen-bond acceptors (Lipinski definition) is 3. The van der Waals surface area contributed by atoms with Crippen molar-refractivity contribution in [3.05, 3.63) is 76.3 Å². The van der Waals surface area contributed by atoms with E-state index in [-0.39, 0.29) is 30.5 Å². The van der Waals surface area contributed by atoms with Gasteiger partial charge >= 0.3 is 5.97 Å². The van der Waals surface area contributed by atoms with Crippen LogP contribution in [0.1, 0.15) is 62.3 Å². The Morgan fingerprint density at radius 2 is 2.00 bits per heavy atom. The number of benzene rings is 2. The van der Waals surface area contributed by atoms with Crippen LogP contribution in [-0.4, -0.2) is 23.8 Å². The van der Waals surface area contributed by atoms with E-state index in [1.54, 1.807) is 0 Å². The Morgan fingerprint density at radius 3 is 2.65 bits per heavy atom. The minimum atomic E-state index is -0.805. The molecule has 0 aromatic heterocycles. The average molecular weight is 443 g/mol. The summed E-state index contributed by atoms with van der Waals surface area (Å²) in [6, 6.07) is 13.8. The number of ether oxygens (including phenoxy) is 2. The Morgan fingerprint density at radius 1 is 1.26 bits per heavy atom. The minimum Gasteiger partial charge on any atom is -0.493 e. The second-order valence-electron chi connectivity index (χ2n) is 8.28. The van der Waals surface area contributed by atoms with Gasteiger partial charge in [0.1, 0.15) is 5.75 Å². The lowest BCUT2D eigenvalue weighted by Gasteiger charge is -2.42. The first-order valence-corrected chi connectivity index (χ1v) is 11.2. The number of halogens is 1. The summed E-state index contributed by atoms with van der Waals surface area (Å²) in [5.74, 6) is 0.227.